The number of carbonyl (C=O) groups excluding carboxylic acids is 1. The molecule has 3 aromatic heterocycles. The Labute approximate surface area is 150 Å². The lowest BCUT2D eigenvalue weighted by Crippen LogP contribution is -2.27. The molecular weight excluding hydrogens is 332 g/mol. The zero-order valence-corrected chi connectivity index (χ0v) is 14.8. The second kappa shape index (κ2) is 6.70. The number of hydrogen-bond acceptors (Lipinski definition) is 6. The highest BCUT2D eigenvalue weighted by atomic mass is 16.5. The molecule has 4 heterocycles. The number of likely N-dealkylation sites (tertiary alicyclic amines) is 1. The second-order valence-electron chi connectivity index (χ2n) is 6.33. The Morgan fingerprint density at radius 2 is 2.04 bits per heavy atom. The van der Waals surface area contributed by atoms with Gasteiger partial charge in [-0.1, -0.05) is 12.1 Å². The quantitative estimate of drug-likeness (QED) is 0.716. The molecular formula is C18H20N6O2. The molecule has 3 aromatic rings. The van der Waals surface area contributed by atoms with E-state index in [1.165, 1.54) is 0 Å². The molecule has 0 aromatic carbocycles. The van der Waals surface area contributed by atoms with Crippen LogP contribution >= 0.6 is 0 Å². The average Bonchev–Trinajstić information content (AvgIpc) is 3.42. The lowest BCUT2D eigenvalue weighted by Gasteiger charge is -2.14. The Kier molecular flexibility index (Phi) is 4.24. The molecule has 134 valence electrons. The van der Waals surface area contributed by atoms with Crippen molar-refractivity contribution in [2.75, 3.05) is 13.1 Å². The Morgan fingerprint density at radius 3 is 2.69 bits per heavy atom. The van der Waals surface area contributed by atoms with Crippen molar-refractivity contribution in [1.29, 1.82) is 0 Å². The summed E-state index contributed by atoms with van der Waals surface area (Å²) in [5.41, 5.74) is 2.16. The van der Waals surface area contributed by atoms with Crippen molar-refractivity contribution in [2.45, 2.75) is 33.1 Å². The molecule has 0 N–H and O–H groups in total. The van der Waals surface area contributed by atoms with Gasteiger partial charge in [-0.3, -0.25) is 4.79 Å². The maximum absolute atomic E-state index is 12.6. The zero-order chi connectivity index (χ0) is 18.1. The summed E-state index contributed by atoms with van der Waals surface area (Å²) < 4.78 is 6.91. The largest absolute Gasteiger partial charge is 0.339 e. The van der Waals surface area contributed by atoms with Gasteiger partial charge in [0.2, 0.25) is 0 Å². The van der Waals surface area contributed by atoms with E-state index in [1.807, 2.05) is 30.9 Å². The zero-order valence-electron chi connectivity index (χ0n) is 14.8. The van der Waals surface area contributed by atoms with Gasteiger partial charge in [-0.2, -0.15) is 10.1 Å². The van der Waals surface area contributed by atoms with Crippen molar-refractivity contribution in [3.8, 4) is 17.3 Å². The Balaban J connectivity index is 1.59. The molecule has 0 saturated carbocycles. The summed E-state index contributed by atoms with van der Waals surface area (Å²) in [4.78, 5) is 23.2. The first kappa shape index (κ1) is 16.4. The summed E-state index contributed by atoms with van der Waals surface area (Å²) in [6.45, 7) is 5.50. The lowest BCUT2D eigenvalue weighted by molar-refractivity contribution is 0.0792. The lowest BCUT2D eigenvalue weighted by atomic mass is 10.2. The van der Waals surface area contributed by atoms with Crippen LogP contribution in [0.1, 0.15) is 41.6 Å². The highest BCUT2D eigenvalue weighted by Crippen LogP contribution is 2.20. The second-order valence-corrected chi connectivity index (χ2v) is 6.33. The van der Waals surface area contributed by atoms with Crippen molar-refractivity contribution in [3.05, 3.63) is 41.6 Å². The van der Waals surface area contributed by atoms with Crippen LogP contribution in [0.5, 0.6) is 0 Å². The van der Waals surface area contributed by atoms with Gasteiger partial charge in [0, 0.05) is 25.7 Å². The SMILES string of the molecule is CCc1noc(-c2ccc(-n3ncc(C(=O)N4CCCC4)c3C)nc2)n1. The molecule has 1 aliphatic heterocycles. The van der Waals surface area contributed by atoms with Gasteiger partial charge in [0.1, 0.15) is 0 Å². The average molecular weight is 352 g/mol. The van der Waals surface area contributed by atoms with Crippen LogP contribution in [0.25, 0.3) is 17.3 Å². The van der Waals surface area contributed by atoms with Gasteiger partial charge >= 0.3 is 0 Å². The summed E-state index contributed by atoms with van der Waals surface area (Å²) in [7, 11) is 0. The van der Waals surface area contributed by atoms with E-state index in [2.05, 4.69) is 20.2 Å². The van der Waals surface area contributed by atoms with E-state index in [4.69, 9.17) is 4.52 Å². The van der Waals surface area contributed by atoms with Crippen LogP contribution in [0.15, 0.2) is 29.0 Å². The van der Waals surface area contributed by atoms with E-state index < -0.39 is 0 Å². The van der Waals surface area contributed by atoms with Crippen LogP contribution in [-0.4, -0.2) is 48.8 Å². The fourth-order valence-corrected chi connectivity index (χ4v) is 3.09. The topological polar surface area (TPSA) is 89.9 Å². The van der Waals surface area contributed by atoms with Gasteiger partial charge in [0.25, 0.3) is 11.8 Å². The molecule has 0 spiro atoms. The molecule has 0 atom stereocenters. The fourth-order valence-electron chi connectivity index (χ4n) is 3.09. The fraction of sp³-hybridized carbons (Fsp3) is 0.389. The molecule has 1 amide bonds. The summed E-state index contributed by atoms with van der Waals surface area (Å²) in [6.07, 6.45) is 6.15. The standard InChI is InChI=1S/C18H20N6O2/c1-3-15-21-17(26-22-15)13-6-7-16(19-10-13)24-12(2)14(11-20-24)18(25)23-8-4-5-9-23/h6-7,10-11H,3-5,8-9H2,1-2H3. The van der Waals surface area contributed by atoms with Crippen LogP contribution in [0.3, 0.4) is 0 Å². The predicted molar refractivity (Wildman–Crippen MR) is 93.9 cm³/mol. The van der Waals surface area contributed by atoms with Crippen LogP contribution in [0.2, 0.25) is 0 Å². The number of aromatic nitrogens is 5. The Bertz CT molecular complexity index is 922. The first-order chi connectivity index (χ1) is 12.7. The van der Waals surface area contributed by atoms with Crippen LogP contribution in [-0.2, 0) is 6.42 Å². The molecule has 0 bridgehead atoms. The smallest absolute Gasteiger partial charge is 0.259 e. The van der Waals surface area contributed by atoms with E-state index >= 15 is 0 Å². The van der Waals surface area contributed by atoms with E-state index in [-0.39, 0.29) is 5.91 Å². The number of amides is 1. The summed E-state index contributed by atoms with van der Waals surface area (Å²) in [6, 6.07) is 3.69. The third kappa shape index (κ3) is 2.87. The number of hydrogen-bond donors (Lipinski definition) is 0. The number of pyridine rings is 1. The van der Waals surface area contributed by atoms with E-state index in [9.17, 15) is 4.79 Å². The minimum absolute atomic E-state index is 0.0424. The summed E-state index contributed by atoms with van der Waals surface area (Å²) in [5, 5.41) is 8.25. The predicted octanol–water partition coefficient (Wildman–Crippen LogP) is 2.42. The summed E-state index contributed by atoms with van der Waals surface area (Å²) in [5.74, 6) is 1.79. The van der Waals surface area contributed by atoms with Gasteiger partial charge in [-0.15, -0.1) is 0 Å². The first-order valence-corrected chi connectivity index (χ1v) is 8.80. The molecule has 1 aliphatic rings. The number of aryl methyl sites for hydroxylation is 1. The molecule has 0 aliphatic carbocycles. The normalized spacial score (nSPS) is 14.2. The number of rotatable bonds is 4. The van der Waals surface area contributed by atoms with Crippen LogP contribution in [0.4, 0.5) is 0 Å². The first-order valence-electron chi connectivity index (χ1n) is 8.80. The third-order valence-corrected chi connectivity index (χ3v) is 4.63. The third-order valence-electron chi connectivity index (χ3n) is 4.63. The molecule has 1 fully saturated rings. The molecule has 0 unspecified atom stereocenters. The maximum Gasteiger partial charge on any atom is 0.259 e. The number of nitrogens with zero attached hydrogens (tertiary/aromatic N) is 6. The van der Waals surface area contributed by atoms with Gasteiger partial charge in [0.15, 0.2) is 11.6 Å². The van der Waals surface area contributed by atoms with Crippen LogP contribution in [0, 0.1) is 6.92 Å². The molecule has 0 radical (unpaired) electrons. The van der Waals surface area contributed by atoms with Crippen molar-refractivity contribution < 1.29 is 9.32 Å². The van der Waals surface area contributed by atoms with Gasteiger partial charge in [-0.05, 0) is 31.9 Å². The molecule has 8 heteroatoms. The molecule has 4 rings (SSSR count). The monoisotopic (exact) mass is 352 g/mol. The summed E-state index contributed by atoms with van der Waals surface area (Å²) >= 11 is 0. The number of carbonyl (C=O) groups is 1. The highest BCUT2D eigenvalue weighted by Gasteiger charge is 2.23. The van der Waals surface area contributed by atoms with Crippen molar-refractivity contribution >= 4 is 5.91 Å². The van der Waals surface area contributed by atoms with Crippen LogP contribution < -0.4 is 0 Å². The Hall–Kier alpha value is -3.03. The maximum atomic E-state index is 12.6. The van der Waals surface area contributed by atoms with Crippen molar-refractivity contribution in [3.63, 3.8) is 0 Å². The van der Waals surface area contributed by atoms with Gasteiger partial charge in [-0.25, -0.2) is 9.67 Å². The molecule has 26 heavy (non-hydrogen) atoms. The van der Waals surface area contributed by atoms with Crippen molar-refractivity contribution in [1.82, 2.24) is 29.8 Å². The minimum Gasteiger partial charge on any atom is -0.339 e. The Morgan fingerprint density at radius 1 is 1.23 bits per heavy atom. The van der Waals surface area contributed by atoms with Crippen molar-refractivity contribution in [2.24, 2.45) is 0 Å². The highest BCUT2D eigenvalue weighted by molar-refractivity contribution is 5.95. The van der Waals surface area contributed by atoms with E-state index in [0.717, 1.165) is 43.6 Å². The minimum atomic E-state index is 0.0424. The van der Waals surface area contributed by atoms with E-state index in [1.54, 1.807) is 17.1 Å². The molecule has 8 nitrogen and oxygen atoms in total. The van der Waals surface area contributed by atoms with Gasteiger partial charge < -0.3 is 9.42 Å². The van der Waals surface area contributed by atoms with Gasteiger partial charge in [0.05, 0.1) is 23.0 Å². The molecule has 1 saturated heterocycles. The van der Waals surface area contributed by atoms with E-state index in [0.29, 0.717) is 23.1 Å².